The second-order valence-electron chi connectivity index (χ2n) is 3.27. The van der Waals surface area contributed by atoms with E-state index in [0.29, 0.717) is 0 Å². The smallest absolute Gasteiger partial charge is 0.0348 e. The molecule has 0 nitrogen and oxygen atoms in total. The molecule has 0 heteroatoms. The van der Waals surface area contributed by atoms with Crippen LogP contribution in [0.1, 0.15) is 32.6 Å². The molecule has 0 aromatic rings. The molecular weight excluding hydrogens is 180 g/mol. The number of unbranched alkanes of at least 4 members (excludes halogenated alkanes) is 3. The summed E-state index contributed by atoms with van der Waals surface area (Å²) in [7, 11) is 0. The van der Waals surface area contributed by atoms with Gasteiger partial charge in [0.05, 0.1) is 0 Å². The van der Waals surface area contributed by atoms with Gasteiger partial charge >= 0.3 is 0 Å². The van der Waals surface area contributed by atoms with Gasteiger partial charge in [-0.2, -0.15) is 0 Å². The lowest BCUT2D eigenvalue weighted by Gasteiger charge is -1.89. The van der Waals surface area contributed by atoms with Crippen LogP contribution in [-0.4, -0.2) is 0 Å². The lowest BCUT2D eigenvalue weighted by atomic mass is 10.2. The number of hydrogen-bond acceptors (Lipinski definition) is 0. The minimum atomic E-state index is 1.18. The number of rotatable bonds is 8. The van der Waals surface area contributed by atoms with Gasteiger partial charge in [0, 0.05) is 0 Å². The Morgan fingerprint density at radius 2 is 1.40 bits per heavy atom. The summed E-state index contributed by atoms with van der Waals surface area (Å²) in [5, 5.41) is 0. The maximum absolute atomic E-state index is 5.17. The molecule has 0 amide bonds. The van der Waals surface area contributed by atoms with Gasteiger partial charge in [0.1, 0.15) is 0 Å². The molecule has 0 saturated heterocycles. The largest absolute Gasteiger partial charge is 0.0845 e. The number of allylic oxidation sites excluding steroid dienone is 9. The van der Waals surface area contributed by atoms with Crippen LogP contribution >= 0.6 is 0 Å². The molecule has 0 heterocycles. The molecule has 0 aromatic heterocycles. The van der Waals surface area contributed by atoms with Crippen LogP contribution in [0, 0.1) is 6.58 Å². The van der Waals surface area contributed by atoms with Crippen molar-refractivity contribution in [3.05, 3.63) is 61.3 Å². The van der Waals surface area contributed by atoms with Gasteiger partial charge in [-0.1, -0.05) is 81.0 Å². The fourth-order valence-corrected chi connectivity index (χ4v) is 1.07. The van der Waals surface area contributed by atoms with Crippen molar-refractivity contribution >= 4 is 0 Å². The van der Waals surface area contributed by atoms with Crippen molar-refractivity contribution in [2.45, 2.75) is 32.6 Å². The highest BCUT2D eigenvalue weighted by Crippen LogP contribution is 1.99. The third kappa shape index (κ3) is 12.7. The van der Waals surface area contributed by atoms with Gasteiger partial charge in [0.2, 0.25) is 0 Å². The highest BCUT2D eigenvalue weighted by Gasteiger charge is 1.79. The Hall–Kier alpha value is -1.30. The molecule has 0 saturated carbocycles. The van der Waals surface area contributed by atoms with E-state index in [2.05, 4.69) is 19.1 Å². The van der Waals surface area contributed by atoms with Crippen LogP contribution < -0.4 is 0 Å². The first-order valence-corrected chi connectivity index (χ1v) is 5.62. The fourth-order valence-electron chi connectivity index (χ4n) is 1.07. The lowest BCUT2D eigenvalue weighted by molar-refractivity contribution is 0.729. The predicted molar refractivity (Wildman–Crippen MR) is 69.6 cm³/mol. The summed E-state index contributed by atoms with van der Waals surface area (Å²) in [4.78, 5) is 0. The first-order valence-electron chi connectivity index (χ1n) is 5.62. The molecule has 0 aliphatic carbocycles. The second-order valence-corrected chi connectivity index (χ2v) is 3.27. The van der Waals surface area contributed by atoms with Crippen LogP contribution in [-0.2, 0) is 0 Å². The third-order valence-corrected chi connectivity index (χ3v) is 1.89. The molecule has 1 radical (unpaired) electrons. The van der Waals surface area contributed by atoms with E-state index in [-0.39, 0.29) is 0 Å². The van der Waals surface area contributed by atoms with Crippen LogP contribution in [0.3, 0.4) is 0 Å². The topological polar surface area (TPSA) is 0 Å². The molecule has 0 unspecified atom stereocenters. The van der Waals surface area contributed by atoms with Crippen molar-refractivity contribution in [1.82, 2.24) is 0 Å². The van der Waals surface area contributed by atoms with Gasteiger partial charge in [0.15, 0.2) is 0 Å². The summed E-state index contributed by atoms with van der Waals surface area (Å²) in [6, 6.07) is 0. The maximum atomic E-state index is 5.17. The molecule has 0 aromatic carbocycles. The van der Waals surface area contributed by atoms with Crippen molar-refractivity contribution in [3.63, 3.8) is 0 Å². The van der Waals surface area contributed by atoms with Crippen LogP contribution in [0.5, 0.6) is 0 Å². The Labute approximate surface area is 94.4 Å². The molecular formula is C15H21. The molecule has 0 aliphatic rings. The molecule has 0 N–H and O–H groups in total. The second kappa shape index (κ2) is 12.7. The fraction of sp³-hybridized carbons (Fsp3) is 0.333. The summed E-state index contributed by atoms with van der Waals surface area (Å²) in [5.41, 5.74) is 0. The normalized spacial score (nSPS) is 12.6. The van der Waals surface area contributed by atoms with Crippen LogP contribution in [0.25, 0.3) is 0 Å². The van der Waals surface area contributed by atoms with Gasteiger partial charge in [0.25, 0.3) is 0 Å². The third-order valence-electron chi connectivity index (χ3n) is 1.89. The Morgan fingerprint density at radius 3 is 2.00 bits per heavy atom. The van der Waals surface area contributed by atoms with Crippen molar-refractivity contribution in [2.75, 3.05) is 0 Å². The van der Waals surface area contributed by atoms with Crippen molar-refractivity contribution in [2.24, 2.45) is 0 Å². The SMILES string of the molecule is [CH]=C/C=C/C=C/C=C/C=C/CCCCC. The first kappa shape index (κ1) is 13.7. The average Bonchev–Trinajstić information content (AvgIpc) is 2.26. The zero-order chi connectivity index (χ0) is 11.2. The van der Waals surface area contributed by atoms with Gasteiger partial charge < -0.3 is 0 Å². The van der Waals surface area contributed by atoms with Gasteiger partial charge in [-0.05, 0) is 12.8 Å². The maximum Gasteiger partial charge on any atom is -0.0348 e. The molecule has 0 atom stereocenters. The monoisotopic (exact) mass is 201 g/mol. The van der Waals surface area contributed by atoms with E-state index < -0.39 is 0 Å². The summed E-state index contributed by atoms with van der Waals surface area (Å²) >= 11 is 0. The van der Waals surface area contributed by atoms with Gasteiger partial charge in [-0.3, -0.25) is 0 Å². The number of hydrogen-bond donors (Lipinski definition) is 0. The van der Waals surface area contributed by atoms with E-state index in [1.165, 1.54) is 31.8 Å². The standard InChI is InChI=1S/C15H21/c1-3-5-7-9-11-13-15-14-12-10-8-6-4-2/h1,3,5,7,9,11-15H,4,6,8,10H2,2H3/b3-1?,7-5+,11-9+,14-12+,15-13+. The van der Waals surface area contributed by atoms with Crippen molar-refractivity contribution in [1.29, 1.82) is 0 Å². The van der Waals surface area contributed by atoms with E-state index in [0.717, 1.165) is 0 Å². The molecule has 0 fully saturated rings. The zero-order valence-corrected chi connectivity index (χ0v) is 9.60. The highest BCUT2D eigenvalue weighted by atomic mass is 13.9. The quantitative estimate of drug-likeness (QED) is 0.391. The summed E-state index contributed by atoms with van der Waals surface area (Å²) in [6.45, 7) is 7.40. The minimum Gasteiger partial charge on any atom is -0.0845 e. The predicted octanol–water partition coefficient (Wildman–Crippen LogP) is 4.78. The minimum absolute atomic E-state index is 1.18. The summed E-state index contributed by atoms with van der Waals surface area (Å²) < 4.78 is 0. The molecule has 15 heavy (non-hydrogen) atoms. The van der Waals surface area contributed by atoms with Crippen molar-refractivity contribution < 1.29 is 0 Å². The van der Waals surface area contributed by atoms with E-state index in [4.69, 9.17) is 6.58 Å². The molecule has 0 aliphatic heterocycles. The average molecular weight is 201 g/mol. The van der Waals surface area contributed by atoms with Crippen LogP contribution in [0.15, 0.2) is 54.7 Å². The van der Waals surface area contributed by atoms with E-state index >= 15 is 0 Å². The summed E-state index contributed by atoms with van der Waals surface area (Å²) in [5.74, 6) is 0. The first-order chi connectivity index (χ1) is 7.41. The van der Waals surface area contributed by atoms with Crippen molar-refractivity contribution in [3.8, 4) is 0 Å². The Morgan fingerprint density at radius 1 is 0.800 bits per heavy atom. The van der Waals surface area contributed by atoms with E-state index in [1.54, 1.807) is 6.08 Å². The molecule has 0 rings (SSSR count). The molecule has 0 bridgehead atoms. The van der Waals surface area contributed by atoms with Gasteiger partial charge in [-0.25, -0.2) is 0 Å². The molecule has 81 valence electrons. The molecule has 0 spiro atoms. The van der Waals surface area contributed by atoms with Crippen LogP contribution in [0.4, 0.5) is 0 Å². The van der Waals surface area contributed by atoms with E-state index in [9.17, 15) is 0 Å². The van der Waals surface area contributed by atoms with E-state index in [1.807, 2.05) is 30.4 Å². The van der Waals surface area contributed by atoms with Crippen LogP contribution in [0.2, 0.25) is 0 Å². The lowest BCUT2D eigenvalue weighted by Crippen LogP contribution is -1.69. The van der Waals surface area contributed by atoms with Gasteiger partial charge in [-0.15, -0.1) is 0 Å². The highest BCUT2D eigenvalue weighted by molar-refractivity contribution is 5.16. The Kier molecular flexibility index (Phi) is 11.6. The summed E-state index contributed by atoms with van der Waals surface area (Å²) in [6.07, 6.45) is 22.6. The zero-order valence-electron chi connectivity index (χ0n) is 9.60. The Balaban J connectivity index is 3.48. The Bertz CT molecular complexity index is 239.